The normalized spacial score (nSPS) is 11.6. The van der Waals surface area contributed by atoms with Gasteiger partial charge in [0.2, 0.25) is 0 Å². The van der Waals surface area contributed by atoms with E-state index < -0.39 is 0 Å². The maximum absolute atomic E-state index is 5.31. The fourth-order valence-corrected chi connectivity index (χ4v) is 2.61. The van der Waals surface area contributed by atoms with Gasteiger partial charge >= 0.3 is 0 Å². The smallest absolute Gasteiger partial charge is 0.0913 e. The van der Waals surface area contributed by atoms with Crippen molar-refractivity contribution in [2.45, 2.75) is 19.4 Å². The highest BCUT2D eigenvalue weighted by Gasteiger charge is 2.19. The van der Waals surface area contributed by atoms with Crippen LogP contribution >= 0.6 is 0 Å². The molecule has 3 heterocycles. The molecule has 0 radical (unpaired) electrons. The molecule has 0 atom stereocenters. The third kappa shape index (κ3) is 3.46. The summed E-state index contributed by atoms with van der Waals surface area (Å²) in [6.07, 6.45) is 7.11. The number of anilines is 1. The monoisotopic (exact) mass is 308 g/mol. The molecule has 23 heavy (non-hydrogen) atoms. The van der Waals surface area contributed by atoms with Crippen molar-refractivity contribution in [3.05, 3.63) is 49.1 Å². The van der Waals surface area contributed by atoms with Crippen molar-refractivity contribution in [1.82, 2.24) is 15.0 Å². The zero-order valence-corrected chi connectivity index (χ0v) is 13.6. The van der Waals surface area contributed by atoms with Crippen LogP contribution in [0.5, 0.6) is 0 Å². The van der Waals surface area contributed by atoms with Gasteiger partial charge in [0.15, 0.2) is 0 Å². The molecule has 118 valence electrons. The fraction of sp³-hybridized carbons (Fsp3) is 0.278. The van der Waals surface area contributed by atoms with E-state index in [4.69, 9.17) is 9.72 Å². The largest absolute Gasteiger partial charge is 0.382 e. The third-order valence-electron chi connectivity index (χ3n) is 3.57. The summed E-state index contributed by atoms with van der Waals surface area (Å²) in [5, 5.41) is 4.61. The minimum Gasteiger partial charge on any atom is -0.382 e. The average molecular weight is 308 g/mol. The standard InChI is InChI=1S/C18H20N4O/c1-18(2,12-23-3)22-16-10-15(13-4-7-19-8-5-13)21-17-11-20-9-6-14(16)17/h4-11H,12H2,1-3H3,(H,21,22). The number of ether oxygens (including phenoxy) is 1. The van der Waals surface area contributed by atoms with Crippen LogP contribution in [0.1, 0.15) is 13.8 Å². The molecule has 0 saturated heterocycles. The highest BCUT2D eigenvalue weighted by Crippen LogP contribution is 2.29. The molecule has 1 N–H and O–H groups in total. The Labute approximate surface area is 135 Å². The van der Waals surface area contributed by atoms with Crippen LogP contribution in [0.3, 0.4) is 0 Å². The molecule has 0 saturated carbocycles. The van der Waals surface area contributed by atoms with Gasteiger partial charge in [0.25, 0.3) is 0 Å². The number of nitrogens with zero attached hydrogens (tertiary/aromatic N) is 3. The lowest BCUT2D eigenvalue weighted by Gasteiger charge is -2.27. The van der Waals surface area contributed by atoms with E-state index in [1.54, 1.807) is 31.9 Å². The molecule has 3 rings (SSSR count). The Bertz CT molecular complexity index is 802. The predicted molar refractivity (Wildman–Crippen MR) is 92.3 cm³/mol. The minimum atomic E-state index is -0.193. The van der Waals surface area contributed by atoms with E-state index in [0.29, 0.717) is 6.61 Å². The van der Waals surface area contributed by atoms with Gasteiger partial charge in [-0.3, -0.25) is 9.97 Å². The lowest BCUT2D eigenvalue weighted by molar-refractivity contribution is 0.158. The zero-order valence-electron chi connectivity index (χ0n) is 13.6. The Morgan fingerprint density at radius 2 is 1.83 bits per heavy atom. The first-order valence-corrected chi connectivity index (χ1v) is 7.51. The first kappa shape index (κ1) is 15.4. The van der Waals surface area contributed by atoms with Crippen LogP contribution in [0, 0.1) is 0 Å². The van der Waals surface area contributed by atoms with E-state index in [0.717, 1.165) is 27.8 Å². The van der Waals surface area contributed by atoms with Gasteiger partial charge < -0.3 is 10.1 Å². The van der Waals surface area contributed by atoms with Crippen LogP contribution in [0.4, 0.5) is 5.69 Å². The van der Waals surface area contributed by atoms with Crippen molar-refractivity contribution in [2.75, 3.05) is 19.0 Å². The topological polar surface area (TPSA) is 59.9 Å². The molecular weight excluding hydrogens is 288 g/mol. The van der Waals surface area contributed by atoms with Gasteiger partial charge in [0.1, 0.15) is 0 Å². The van der Waals surface area contributed by atoms with Gasteiger partial charge in [-0.25, -0.2) is 4.98 Å². The number of rotatable bonds is 5. The Morgan fingerprint density at radius 3 is 2.57 bits per heavy atom. The molecule has 0 aliphatic carbocycles. The van der Waals surface area contributed by atoms with Crippen molar-refractivity contribution in [3.63, 3.8) is 0 Å². The first-order chi connectivity index (χ1) is 11.1. The van der Waals surface area contributed by atoms with E-state index in [1.165, 1.54) is 0 Å². The lowest BCUT2D eigenvalue weighted by atomic mass is 10.0. The van der Waals surface area contributed by atoms with Crippen LogP contribution in [0.15, 0.2) is 49.1 Å². The molecule has 5 nitrogen and oxygen atoms in total. The molecule has 0 fully saturated rings. The third-order valence-corrected chi connectivity index (χ3v) is 3.57. The molecule has 3 aromatic heterocycles. The fourth-order valence-electron chi connectivity index (χ4n) is 2.61. The SMILES string of the molecule is COCC(C)(C)Nc1cc(-c2ccncc2)nc2cnccc12. The van der Waals surface area contributed by atoms with Crippen LogP contribution in [-0.4, -0.2) is 34.2 Å². The van der Waals surface area contributed by atoms with Crippen molar-refractivity contribution in [2.24, 2.45) is 0 Å². The first-order valence-electron chi connectivity index (χ1n) is 7.51. The highest BCUT2D eigenvalue weighted by atomic mass is 16.5. The zero-order chi connectivity index (χ0) is 16.3. The molecular formula is C18H20N4O. The van der Waals surface area contributed by atoms with Crippen molar-refractivity contribution in [3.8, 4) is 11.3 Å². The molecule has 0 unspecified atom stereocenters. The molecule has 3 aromatic rings. The minimum absolute atomic E-state index is 0.193. The maximum Gasteiger partial charge on any atom is 0.0913 e. The van der Waals surface area contributed by atoms with Gasteiger partial charge in [-0.1, -0.05) is 0 Å². The van der Waals surface area contributed by atoms with Gasteiger partial charge in [0.05, 0.1) is 29.6 Å². The lowest BCUT2D eigenvalue weighted by Crippen LogP contribution is -2.36. The van der Waals surface area contributed by atoms with Gasteiger partial charge in [0, 0.05) is 42.3 Å². The van der Waals surface area contributed by atoms with Crippen molar-refractivity contribution in [1.29, 1.82) is 0 Å². The van der Waals surface area contributed by atoms with Crippen LogP contribution in [0.25, 0.3) is 22.2 Å². The molecule has 0 aromatic carbocycles. The second-order valence-corrected chi connectivity index (χ2v) is 6.13. The number of hydrogen-bond acceptors (Lipinski definition) is 5. The number of hydrogen-bond donors (Lipinski definition) is 1. The Kier molecular flexibility index (Phi) is 4.21. The summed E-state index contributed by atoms with van der Waals surface area (Å²) in [7, 11) is 1.71. The summed E-state index contributed by atoms with van der Waals surface area (Å²) >= 11 is 0. The summed E-state index contributed by atoms with van der Waals surface area (Å²) in [6, 6.07) is 7.95. The summed E-state index contributed by atoms with van der Waals surface area (Å²) in [4.78, 5) is 13.0. The number of pyridine rings is 3. The number of methoxy groups -OCH3 is 1. The van der Waals surface area contributed by atoms with Gasteiger partial charge in [-0.15, -0.1) is 0 Å². The molecule has 0 aliphatic rings. The Hall–Kier alpha value is -2.53. The summed E-state index contributed by atoms with van der Waals surface area (Å²) in [5.41, 5.74) is 3.60. The number of aromatic nitrogens is 3. The summed E-state index contributed by atoms with van der Waals surface area (Å²) in [6.45, 7) is 4.82. The highest BCUT2D eigenvalue weighted by molar-refractivity contribution is 5.93. The average Bonchev–Trinajstić information content (AvgIpc) is 2.55. The predicted octanol–water partition coefficient (Wildman–Crippen LogP) is 3.53. The second kappa shape index (κ2) is 6.30. The molecule has 0 aliphatic heterocycles. The van der Waals surface area contributed by atoms with Crippen LogP contribution < -0.4 is 5.32 Å². The molecule has 0 spiro atoms. The van der Waals surface area contributed by atoms with Gasteiger partial charge in [-0.05, 0) is 38.1 Å². The maximum atomic E-state index is 5.31. The summed E-state index contributed by atoms with van der Waals surface area (Å²) in [5.74, 6) is 0. The Morgan fingerprint density at radius 1 is 1.09 bits per heavy atom. The Balaban J connectivity index is 2.11. The van der Waals surface area contributed by atoms with Crippen LogP contribution in [-0.2, 0) is 4.74 Å². The van der Waals surface area contributed by atoms with Crippen LogP contribution in [0.2, 0.25) is 0 Å². The van der Waals surface area contributed by atoms with Gasteiger partial charge in [-0.2, -0.15) is 0 Å². The van der Waals surface area contributed by atoms with E-state index in [2.05, 4.69) is 35.2 Å². The molecule has 0 amide bonds. The van der Waals surface area contributed by atoms with E-state index in [1.807, 2.05) is 18.2 Å². The number of nitrogens with one attached hydrogen (secondary N) is 1. The van der Waals surface area contributed by atoms with E-state index in [-0.39, 0.29) is 5.54 Å². The van der Waals surface area contributed by atoms with Crippen molar-refractivity contribution < 1.29 is 4.74 Å². The molecule has 0 bridgehead atoms. The number of fused-ring (bicyclic) bond motifs is 1. The second-order valence-electron chi connectivity index (χ2n) is 6.13. The van der Waals surface area contributed by atoms with E-state index in [9.17, 15) is 0 Å². The quantitative estimate of drug-likeness (QED) is 0.781. The molecule has 5 heteroatoms. The van der Waals surface area contributed by atoms with E-state index >= 15 is 0 Å². The van der Waals surface area contributed by atoms with Crippen molar-refractivity contribution >= 4 is 16.6 Å². The summed E-state index contributed by atoms with van der Waals surface area (Å²) < 4.78 is 5.31.